The van der Waals surface area contributed by atoms with E-state index in [1.54, 1.807) is 20.8 Å². The first-order chi connectivity index (χ1) is 10.1. The molecule has 22 heavy (non-hydrogen) atoms. The van der Waals surface area contributed by atoms with Crippen molar-refractivity contribution >= 4 is 5.91 Å². The third-order valence-corrected chi connectivity index (χ3v) is 3.71. The molecule has 1 aromatic rings. The number of rotatable bonds is 2. The molecule has 122 valence electrons. The first kappa shape index (κ1) is 16.6. The van der Waals surface area contributed by atoms with Crippen LogP contribution in [0.4, 0.5) is 13.2 Å². The normalized spacial score (nSPS) is 23.4. The third kappa shape index (κ3) is 3.04. The molecule has 1 aliphatic heterocycles. The molecule has 0 radical (unpaired) electrons. The fraction of sp³-hybridized carbons (Fsp3) is 0.533. The molecular weight excluding hydrogens is 299 g/mol. The highest BCUT2D eigenvalue weighted by atomic mass is 19.4. The third-order valence-electron chi connectivity index (χ3n) is 3.71. The average molecular weight is 317 g/mol. The van der Waals surface area contributed by atoms with Crippen LogP contribution in [0.5, 0.6) is 5.75 Å². The number of hydrogen-bond donors (Lipinski definition) is 2. The zero-order valence-corrected chi connectivity index (χ0v) is 12.5. The minimum atomic E-state index is -4.49. The number of aliphatic hydroxyl groups excluding tert-OH is 1. The predicted molar refractivity (Wildman–Crippen MR) is 73.3 cm³/mol. The van der Waals surface area contributed by atoms with Gasteiger partial charge in [0.25, 0.3) is 0 Å². The second-order valence-corrected chi connectivity index (χ2v) is 5.80. The van der Waals surface area contributed by atoms with Gasteiger partial charge in [0.2, 0.25) is 5.91 Å². The largest absolute Gasteiger partial charge is 0.485 e. The first-order valence-electron chi connectivity index (χ1n) is 6.94. The monoisotopic (exact) mass is 317 g/mol. The molecule has 0 saturated carbocycles. The number of ether oxygens (including phenoxy) is 1. The minimum absolute atomic E-state index is 0.0199. The summed E-state index contributed by atoms with van der Waals surface area (Å²) in [6, 6.07) is 2.23. The van der Waals surface area contributed by atoms with Crippen LogP contribution >= 0.6 is 0 Å². The molecule has 2 rings (SSSR count). The molecular formula is C15H18F3NO3. The number of nitrogens with one attached hydrogen (secondary N) is 1. The van der Waals surface area contributed by atoms with Gasteiger partial charge in [0.05, 0.1) is 11.6 Å². The van der Waals surface area contributed by atoms with Crippen molar-refractivity contribution in [3.63, 3.8) is 0 Å². The van der Waals surface area contributed by atoms with Gasteiger partial charge in [-0.2, -0.15) is 13.2 Å². The Hall–Kier alpha value is -1.76. The summed E-state index contributed by atoms with van der Waals surface area (Å²) in [5.74, 6) is -0.279. The van der Waals surface area contributed by atoms with E-state index in [1.807, 2.05) is 0 Å². The number of fused-ring (bicyclic) bond motifs is 1. The summed E-state index contributed by atoms with van der Waals surface area (Å²) < 4.78 is 44.0. The van der Waals surface area contributed by atoms with Crippen molar-refractivity contribution in [2.45, 2.75) is 51.1 Å². The van der Waals surface area contributed by atoms with Crippen LogP contribution in [0.1, 0.15) is 44.4 Å². The van der Waals surface area contributed by atoms with E-state index in [9.17, 15) is 23.1 Å². The fourth-order valence-corrected chi connectivity index (χ4v) is 2.40. The Labute approximate surface area is 126 Å². The van der Waals surface area contributed by atoms with Crippen molar-refractivity contribution in [2.75, 3.05) is 0 Å². The SMILES string of the molecule is CCC(=O)N[C@@H]1c2ccc(C(F)(F)F)cc2OC(C)(C)[C@H]1O. The maximum Gasteiger partial charge on any atom is 0.416 e. The molecule has 1 amide bonds. The summed E-state index contributed by atoms with van der Waals surface area (Å²) in [5.41, 5.74) is -1.62. The Bertz CT molecular complexity index is 584. The van der Waals surface area contributed by atoms with Crippen molar-refractivity contribution in [2.24, 2.45) is 0 Å². The van der Waals surface area contributed by atoms with Crippen LogP contribution in [-0.2, 0) is 11.0 Å². The van der Waals surface area contributed by atoms with Crippen LogP contribution < -0.4 is 10.1 Å². The number of aliphatic hydroxyl groups is 1. The molecule has 2 atom stereocenters. The number of alkyl halides is 3. The molecule has 0 aliphatic carbocycles. The Kier molecular flexibility index (Phi) is 4.12. The second kappa shape index (κ2) is 5.46. The van der Waals surface area contributed by atoms with E-state index < -0.39 is 29.5 Å². The fourth-order valence-electron chi connectivity index (χ4n) is 2.40. The van der Waals surface area contributed by atoms with E-state index in [1.165, 1.54) is 6.07 Å². The van der Waals surface area contributed by atoms with Gasteiger partial charge < -0.3 is 15.2 Å². The quantitative estimate of drug-likeness (QED) is 0.882. The van der Waals surface area contributed by atoms with Crippen LogP contribution in [0, 0.1) is 0 Å². The molecule has 1 aromatic carbocycles. The zero-order valence-electron chi connectivity index (χ0n) is 12.5. The Balaban J connectivity index is 2.48. The van der Waals surface area contributed by atoms with E-state index in [0.717, 1.165) is 12.1 Å². The van der Waals surface area contributed by atoms with Crippen molar-refractivity contribution < 1.29 is 27.8 Å². The van der Waals surface area contributed by atoms with E-state index in [0.29, 0.717) is 5.56 Å². The number of carbonyl (C=O) groups excluding carboxylic acids is 1. The van der Waals surface area contributed by atoms with Gasteiger partial charge in [0, 0.05) is 12.0 Å². The van der Waals surface area contributed by atoms with Crippen LogP contribution in [0.3, 0.4) is 0 Å². The summed E-state index contributed by atoms with van der Waals surface area (Å²) in [6.07, 6.45) is -5.35. The maximum absolute atomic E-state index is 12.8. The second-order valence-electron chi connectivity index (χ2n) is 5.80. The Morgan fingerprint density at radius 1 is 1.41 bits per heavy atom. The van der Waals surface area contributed by atoms with E-state index in [2.05, 4.69) is 5.32 Å². The van der Waals surface area contributed by atoms with Gasteiger partial charge in [0.1, 0.15) is 17.5 Å². The summed E-state index contributed by atoms with van der Waals surface area (Å²) in [6.45, 7) is 4.78. The van der Waals surface area contributed by atoms with Gasteiger partial charge in [-0.25, -0.2) is 0 Å². The Morgan fingerprint density at radius 2 is 2.05 bits per heavy atom. The summed E-state index contributed by atoms with van der Waals surface area (Å²) in [7, 11) is 0. The van der Waals surface area contributed by atoms with Crippen molar-refractivity contribution in [1.29, 1.82) is 0 Å². The molecule has 0 saturated heterocycles. The zero-order chi connectivity index (χ0) is 16.7. The van der Waals surface area contributed by atoms with Crippen LogP contribution in [0.2, 0.25) is 0 Å². The average Bonchev–Trinajstić information content (AvgIpc) is 2.41. The van der Waals surface area contributed by atoms with E-state index in [-0.39, 0.29) is 18.1 Å². The van der Waals surface area contributed by atoms with E-state index in [4.69, 9.17) is 4.74 Å². The lowest BCUT2D eigenvalue weighted by molar-refractivity contribution is -0.138. The summed E-state index contributed by atoms with van der Waals surface area (Å²) in [5, 5.41) is 13.0. The topological polar surface area (TPSA) is 58.6 Å². The van der Waals surface area contributed by atoms with Gasteiger partial charge in [-0.15, -0.1) is 0 Å². The van der Waals surface area contributed by atoms with E-state index >= 15 is 0 Å². The molecule has 0 fully saturated rings. The standard InChI is InChI=1S/C15H18F3NO3/c1-4-11(20)19-12-9-6-5-8(15(16,17)18)7-10(9)22-14(2,3)13(12)21/h5-7,12-13,21H,4H2,1-3H3,(H,19,20)/t12-,13+/m1/s1. The van der Waals surface area contributed by atoms with Gasteiger partial charge in [0.15, 0.2) is 0 Å². The Morgan fingerprint density at radius 3 is 2.59 bits per heavy atom. The number of carbonyl (C=O) groups is 1. The molecule has 0 aromatic heterocycles. The molecule has 0 spiro atoms. The summed E-state index contributed by atoms with van der Waals surface area (Å²) in [4.78, 5) is 11.6. The van der Waals surface area contributed by atoms with Gasteiger partial charge in [-0.1, -0.05) is 13.0 Å². The number of amides is 1. The number of hydrogen-bond acceptors (Lipinski definition) is 3. The highest BCUT2D eigenvalue weighted by molar-refractivity contribution is 5.76. The first-order valence-corrected chi connectivity index (χ1v) is 6.94. The van der Waals surface area contributed by atoms with Crippen LogP contribution in [-0.4, -0.2) is 22.7 Å². The molecule has 1 heterocycles. The van der Waals surface area contributed by atoms with Crippen LogP contribution in [0.25, 0.3) is 0 Å². The lowest BCUT2D eigenvalue weighted by atomic mass is 9.86. The van der Waals surface area contributed by atoms with Gasteiger partial charge >= 0.3 is 6.18 Å². The van der Waals surface area contributed by atoms with Gasteiger partial charge in [-0.05, 0) is 26.0 Å². The predicted octanol–water partition coefficient (Wildman–Crippen LogP) is 2.80. The molecule has 4 nitrogen and oxygen atoms in total. The lowest BCUT2D eigenvalue weighted by Gasteiger charge is -2.42. The number of halogens is 3. The van der Waals surface area contributed by atoms with Crippen molar-refractivity contribution in [3.05, 3.63) is 29.3 Å². The highest BCUT2D eigenvalue weighted by Gasteiger charge is 2.44. The lowest BCUT2D eigenvalue weighted by Crippen LogP contribution is -2.53. The molecule has 7 heteroatoms. The van der Waals surface area contributed by atoms with Gasteiger partial charge in [-0.3, -0.25) is 4.79 Å². The molecule has 2 N–H and O–H groups in total. The van der Waals surface area contributed by atoms with Crippen molar-refractivity contribution in [1.82, 2.24) is 5.32 Å². The van der Waals surface area contributed by atoms with Crippen molar-refractivity contribution in [3.8, 4) is 5.75 Å². The summed E-state index contributed by atoms with van der Waals surface area (Å²) >= 11 is 0. The maximum atomic E-state index is 12.8. The van der Waals surface area contributed by atoms with Crippen LogP contribution in [0.15, 0.2) is 18.2 Å². The number of benzene rings is 1. The smallest absolute Gasteiger partial charge is 0.416 e. The minimum Gasteiger partial charge on any atom is -0.485 e. The molecule has 0 bridgehead atoms. The molecule has 0 unspecified atom stereocenters. The molecule has 1 aliphatic rings. The highest BCUT2D eigenvalue weighted by Crippen LogP contribution is 2.42.